The number of fused-ring (bicyclic) bond motifs is 1. The van der Waals surface area contributed by atoms with Crippen LogP contribution in [0.15, 0.2) is 18.5 Å². The Morgan fingerprint density at radius 1 is 1.11 bits per heavy atom. The van der Waals surface area contributed by atoms with Gasteiger partial charge in [0, 0.05) is 23.5 Å². The second kappa shape index (κ2) is 4.43. The van der Waals surface area contributed by atoms with E-state index in [1.54, 1.807) is 23.0 Å². The third-order valence-corrected chi connectivity index (χ3v) is 3.71. The van der Waals surface area contributed by atoms with Crippen molar-refractivity contribution in [2.24, 2.45) is 0 Å². The number of aryl methyl sites for hydroxylation is 1. The summed E-state index contributed by atoms with van der Waals surface area (Å²) in [5, 5.41) is 13.5. The molecule has 3 heterocycles. The summed E-state index contributed by atoms with van der Waals surface area (Å²) in [5.41, 5.74) is 3.23. The van der Waals surface area contributed by atoms with Crippen molar-refractivity contribution in [2.45, 2.75) is 13.8 Å². The first-order chi connectivity index (χ1) is 9.09. The highest BCUT2D eigenvalue weighted by molar-refractivity contribution is 6.33. The normalized spacial score (nSPS) is 11.2. The predicted molar refractivity (Wildman–Crippen MR) is 73.5 cm³/mol. The lowest BCUT2D eigenvalue weighted by molar-refractivity contribution is 0.919. The molecule has 7 heteroatoms. The van der Waals surface area contributed by atoms with E-state index in [1.807, 2.05) is 13.8 Å². The number of hydrogen-bond acceptors (Lipinski definition) is 4. The van der Waals surface area contributed by atoms with E-state index in [0.717, 1.165) is 16.7 Å². The average Bonchev–Trinajstić information content (AvgIpc) is 2.80. The Kier molecular flexibility index (Phi) is 2.88. The van der Waals surface area contributed by atoms with Crippen LogP contribution in [0.4, 0.5) is 0 Å². The fraction of sp³-hybridized carbons (Fsp3) is 0.167. The minimum absolute atomic E-state index is 0.427. The summed E-state index contributed by atoms with van der Waals surface area (Å²) in [6, 6.07) is 1.77. The van der Waals surface area contributed by atoms with E-state index in [1.165, 1.54) is 0 Å². The van der Waals surface area contributed by atoms with Crippen molar-refractivity contribution in [3.8, 4) is 11.4 Å². The molecule has 96 valence electrons. The van der Waals surface area contributed by atoms with Crippen LogP contribution in [0.1, 0.15) is 11.1 Å². The Morgan fingerprint density at radius 3 is 2.63 bits per heavy atom. The summed E-state index contributed by atoms with van der Waals surface area (Å²) in [5.74, 6) is 0.549. The van der Waals surface area contributed by atoms with Crippen LogP contribution in [0.3, 0.4) is 0 Å². The maximum atomic E-state index is 6.12. The first kappa shape index (κ1) is 12.3. The lowest BCUT2D eigenvalue weighted by atomic mass is 10.2. The van der Waals surface area contributed by atoms with Crippen molar-refractivity contribution in [3.05, 3.63) is 39.8 Å². The van der Waals surface area contributed by atoms with Gasteiger partial charge in [-0.15, -0.1) is 10.2 Å². The molecule has 0 amide bonds. The molecule has 5 nitrogen and oxygen atoms in total. The van der Waals surface area contributed by atoms with Gasteiger partial charge in [0.15, 0.2) is 16.6 Å². The van der Waals surface area contributed by atoms with Gasteiger partial charge in [0.05, 0.1) is 5.02 Å². The molecule has 19 heavy (non-hydrogen) atoms. The first-order valence-electron chi connectivity index (χ1n) is 5.57. The Bertz CT molecular complexity index is 781. The van der Waals surface area contributed by atoms with Crippen molar-refractivity contribution in [1.29, 1.82) is 0 Å². The summed E-state index contributed by atoms with van der Waals surface area (Å²) in [7, 11) is 0. The van der Waals surface area contributed by atoms with E-state index < -0.39 is 0 Å². The fourth-order valence-electron chi connectivity index (χ4n) is 1.82. The van der Waals surface area contributed by atoms with Gasteiger partial charge < -0.3 is 0 Å². The molecular weight excluding hydrogens is 285 g/mol. The van der Waals surface area contributed by atoms with Crippen LogP contribution in [0, 0.1) is 13.8 Å². The molecule has 0 aromatic carbocycles. The monoisotopic (exact) mass is 293 g/mol. The lowest BCUT2D eigenvalue weighted by Crippen LogP contribution is -2.00. The van der Waals surface area contributed by atoms with E-state index in [2.05, 4.69) is 20.3 Å². The van der Waals surface area contributed by atoms with Crippen molar-refractivity contribution >= 4 is 28.8 Å². The summed E-state index contributed by atoms with van der Waals surface area (Å²) < 4.78 is 1.60. The van der Waals surface area contributed by atoms with Crippen LogP contribution in [0.2, 0.25) is 10.2 Å². The molecule has 0 aliphatic heterocycles. The number of halogens is 2. The van der Waals surface area contributed by atoms with E-state index in [9.17, 15) is 0 Å². The smallest absolute Gasteiger partial charge is 0.187 e. The third-order valence-electron chi connectivity index (χ3n) is 3.05. The molecule has 0 N–H and O–H groups in total. The van der Waals surface area contributed by atoms with Crippen molar-refractivity contribution in [3.63, 3.8) is 0 Å². The standard InChI is InChI=1S/C12H9Cl2N5/c1-6-7(2)11-16-17-12(19(11)18-10(6)14)8-3-4-15-5-9(8)13/h3-5H,1-2H3. The van der Waals surface area contributed by atoms with Crippen LogP contribution in [0.5, 0.6) is 0 Å². The summed E-state index contributed by atoms with van der Waals surface area (Å²) >= 11 is 12.2. The van der Waals surface area contributed by atoms with Crippen molar-refractivity contribution < 1.29 is 0 Å². The largest absolute Gasteiger partial charge is 0.263 e. The van der Waals surface area contributed by atoms with Gasteiger partial charge >= 0.3 is 0 Å². The molecule has 0 radical (unpaired) electrons. The van der Waals surface area contributed by atoms with Gasteiger partial charge in [-0.05, 0) is 25.5 Å². The fourth-order valence-corrected chi connectivity index (χ4v) is 2.24. The number of hydrogen-bond donors (Lipinski definition) is 0. The highest BCUT2D eigenvalue weighted by Gasteiger charge is 2.16. The van der Waals surface area contributed by atoms with Crippen molar-refractivity contribution in [1.82, 2.24) is 24.8 Å². The number of pyridine rings is 1. The molecule has 3 aromatic heterocycles. The maximum Gasteiger partial charge on any atom is 0.187 e. The molecule has 0 saturated carbocycles. The molecule has 0 unspecified atom stereocenters. The van der Waals surface area contributed by atoms with Crippen LogP contribution in [-0.4, -0.2) is 24.8 Å². The van der Waals surface area contributed by atoms with E-state index in [4.69, 9.17) is 23.2 Å². The topological polar surface area (TPSA) is 56.0 Å². The van der Waals surface area contributed by atoms with Crippen LogP contribution in [0.25, 0.3) is 17.0 Å². The molecule has 0 aliphatic rings. The summed E-state index contributed by atoms with van der Waals surface area (Å²) in [4.78, 5) is 3.95. The molecular formula is C12H9Cl2N5. The molecule has 3 rings (SSSR count). The van der Waals surface area contributed by atoms with Gasteiger partial charge in [-0.3, -0.25) is 4.98 Å². The molecule has 0 atom stereocenters. The van der Waals surface area contributed by atoms with Gasteiger partial charge in [0.1, 0.15) is 0 Å². The molecule has 0 saturated heterocycles. The molecule has 0 fully saturated rings. The van der Waals surface area contributed by atoms with Gasteiger partial charge in [-0.2, -0.15) is 9.61 Å². The number of aromatic nitrogens is 5. The highest BCUT2D eigenvalue weighted by atomic mass is 35.5. The Labute approximate surface area is 119 Å². The average molecular weight is 294 g/mol. The van der Waals surface area contributed by atoms with Crippen LogP contribution >= 0.6 is 23.2 Å². The third kappa shape index (κ3) is 1.86. The minimum atomic E-state index is 0.427. The molecule has 3 aromatic rings. The quantitative estimate of drug-likeness (QED) is 0.692. The van der Waals surface area contributed by atoms with E-state index in [-0.39, 0.29) is 0 Å². The first-order valence-corrected chi connectivity index (χ1v) is 6.33. The zero-order valence-corrected chi connectivity index (χ0v) is 11.7. The second-order valence-corrected chi connectivity index (χ2v) is 4.92. The number of nitrogens with zero attached hydrogens (tertiary/aromatic N) is 5. The summed E-state index contributed by atoms with van der Waals surface area (Å²) in [6.45, 7) is 3.84. The van der Waals surface area contributed by atoms with Crippen LogP contribution < -0.4 is 0 Å². The van der Waals surface area contributed by atoms with E-state index in [0.29, 0.717) is 21.6 Å². The lowest BCUT2D eigenvalue weighted by Gasteiger charge is -2.05. The zero-order chi connectivity index (χ0) is 13.6. The summed E-state index contributed by atoms with van der Waals surface area (Å²) in [6.07, 6.45) is 3.20. The van der Waals surface area contributed by atoms with Gasteiger partial charge in [-0.1, -0.05) is 23.2 Å². The zero-order valence-electron chi connectivity index (χ0n) is 10.2. The SMILES string of the molecule is Cc1c(Cl)nn2c(-c3ccncc3Cl)nnc2c1C. The van der Waals surface area contributed by atoms with Crippen LogP contribution in [-0.2, 0) is 0 Å². The molecule has 0 aliphatic carbocycles. The van der Waals surface area contributed by atoms with Gasteiger partial charge in [0.25, 0.3) is 0 Å². The highest BCUT2D eigenvalue weighted by Crippen LogP contribution is 2.27. The van der Waals surface area contributed by atoms with E-state index >= 15 is 0 Å². The Morgan fingerprint density at radius 2 is 1.89 bits per heavy atom. The van der Waals surface area contributed by atoms with Crippen molar-refractivity contribution in [2.75, 3.05) is 0 Å². The Balaban J connectivity index is 2.36. The van der Waals surface area contributed by atoms with Gasteiger partial charge in [-0.25, -0.2) is 0 Å². The molecule has 0 spiro atoms. The predicted octanol–water partition coefficient (Wildman–Crippen LogP) is 3.11. The second-order valence-electron chi connectivity index (χ2n) is 4.16. The minimum Gasteiger partial charge on any atom is -0.263 e. The number of rotatable bonds is 1. The maximum absolute atomic E-state index is 6.12. The van der Waals surface area contributed by atoms with Gasteiger partial charge in [0.2, 0.25) is 0 Å². The Hall–Kier alpha value is -1.72. The molecule has 0 bridgehead atoms.